The number of hydrogen-bond acceptors (Lipinski definition) is 5. The first-order valence-electron chi connectivity index (χ1n) is 10.7. The molecule has 1 fully saturated rings. The van der Waals surface area contributed by atoms with Crippen molar-refractivity contribution in [3.8, 4) is 5.75 Å². The van der Waals surface area contributed by atoms with Gasteiger partial charge in [0.25, 0.3) is 0 Å². The van der Waals surface area contributed by atoms with Gasteiger partial charge in [-0.15, -0.1) is 0 Å². The highest BCUT2D eigenvalue weighted by Gasteiger charge is 2.21. The van der Waals surface area contributed by atoms with Crippen LogP contribution in [0.5, 0.6) is 5.75 Å². The zero-order valence-electron chi connectivity index (χ0n) is 18.1. The maximum Gasteiger partial charge on any atom is 0.313 e. The fourth-order valence-electron chi connectivity index (χ4n) is 3.67. The van der Waals surface area contributed by atoms with Crippen LogP contribution in [0.15, 0.2) is 53.4 Å². The second kappa shape index (κ2) is 11.1. The van der Waals surface area contributed by atoms with Crippen molar-refractivity contribution >= 4 is 27.5 Å². The van der Waals surface area contributed by atoms with Crippen LogP contribution >= 0.6 is 0 Å². The zero-order chi connectivity index (χ0) is 23.0. The number of carbonyl (C=O) groups excluding carboxylic acids is 2. The Bertz CT molecular complexity index is 1030. The Labute approximate surface area is 188 Å². The quantitative estimate of drug-likeness (QED) is 0.525. The first-order chi connectivity index (χ1) is 15.4. The van der Waals surface area contributed by atoms with Crippen molar-refractivity contribution in [1.82, 2.24) is 10.0 Å². The Balaban J connectivity index is 1.47. The Kier molecular flexibility index (Phi) is 8.24. The average molecular weight is 460 g/mol. The SMILES string of the molecule is COc1ccccc1NC(=O)C(=O)NCCc1ccc(S(=O)(=O)NC2CCCCC2)cc1. The number of nitrogens with one attached hydrogen (secondary N) is 3. The third kappa shape index (κ3) is 6.54. The van der Waals surface area contributed by atoms with Gasteiger partial charge in [0.15, 0.2) is 0 Å². The molecule has 32 heavy (non-hydrogen) atoms. The third-order valence-electron chi connectivity index (χ3n) is 5.42. The van der Waals surface area contributed by atoms with E-state index in [9.17, 15) is 18.0 Å². The molecule has 0 aliphatic heterocycles. The molecule has 0 atom stereocenters. The van der Waals surface area contributed by atoms with Gasteiger partial charge in [0, 0.05) is 12.6 Å². The molecule has 2 amide bonds. The van der Waals surface area contributed by atoms with Crippen molar-refractivity contribution in [2.45, 2.75) is 49.5 Å². The first kappa shape index (κ1) is 23.7. The molecule has 0 heterocycles. The predicted octanol–water partition coefficient (Wildman–Crippen LogP) is 2.60. The Hall–Kier alpha value is -2.91. The molecule has 2 aromatic rings. The largest absolute Gasteiger partial charge is 0.495 e. The van der Waals surface area contributed by atoms with Crippen LogP contribution in [0.4, 0.5) is 5.69 Å². The van der Waals surface area contributed by atoms with Crippen LogP contribution < -0.4 is 20.1 Å². The van der Waals surface area contributed by atoms with E-state index in [1.165, 1.54) is 7.11 Å². The Morgan fingerprint density at radius 1 is 0.969 bits per heavy atom. The van der Waals surface area contributed by atoms with E-state index in [2.05, 4.69) is 15.4 Å². The molecule has 1 aliphatic carbocycles. The summed E-state index contributed by atoms with van der Waals surface area (Å²) in [5, 5.41) is 5.08. The van der Waals surface area contributed by atoms with Crippen LogP contribution in [0.2, 0.25) is 0 Å². The number of rotatable bonds is 8. The van der Waals surface area contributed by atoms with Crippen molar-refractivity contribution in [2.24, 2.45) is 0 Å². The summed E-state index contributed by atoms with van der Waals surface area (Å²) in [4.78, 5) is 24.4. The van der Waals surface area contributed by atoms with Gasteiger partial charge in [-0.05, 0) is 49.1 Å². The van der Waals surface area contributed by atoms with Crippen molar-refractivity contribution in [3.05, 3.63) is 54.1 Å². The molecule has 1 aliphatic rings. The minimum atomic E-state index is -3.54. The van der Waals surface area contributed by atoms with Crippen LogP contribution in [-0.2, 0) is 26.0 Å². The molecule has 1 saturated carbocycles. The van der Waals surface area contributed by atoms with Crippen molar-refractivity contribution in [1.29, 1.82) is 0 Å². The van der Waals surface area contributed by atoms with Gasteiger partial charge in [0.2, 0.25) is 10.0 Å². The molecule has 0 bridgehead atoms. The van der Waals surface area contributed by atoms with Crippen LogP contribution in [-0.4, -0.2) is 39.9 Å². The summed E-state index contributed by atoms with van der Waals surface area (Å²) in [6.07, 6.45) is 5.47. The number of carbonyl (C=O) groups is 2. The lowest BCUT2D eigenvalue weighted by molar-refractivity contribution is -0.136. The minimum absolute atomic E-state index is 0.00522. The second-order valence-electron chi connectivity index (χ2n) is 7.76. The fourth-order valence-corrected chi connectivity index (χ4v) is 4.98. The number of methoxy groups -OCH3 is 1. The lowest BCUT2D eigenvalue weighted by Gasteiger charge is -2.22. The summed E-state index contributed by atoms with van der Waals surface area (Å²) in [5.41, 5.74) is 1.26. The zero-order valence-corrected chi connectivity index (χ0v) is 18.9. The summed E-state index contributed by atoms with van der Waals surface area (Å²) >= 11 is 0. The number of hydrogen-bond donors (Lipinski definition) is 3. The van der Waals surface area contributed by atoms with Crippen molar-refractivity contribution in [3.63, 3.8) is 0 Å². The topological polar surface area (TPSA) is 114 Å². The molecule has 2 aromatic carbocycles. The van der Waals surface area contributed by atoms with Crippen LogP contribution in [0.1, 0.15) is 37.7 Å². The van der Waals surface area contributed by atoms with Gasteiger partial charge in [-0.3, -0.25) is 9.59 Å². The van der Waals surface area contributed by atoms with E-state index in [-0.39, 0.29) is 17.5 Å². The Morgan fingerprint density at radius 2 is 1.66 bits per heavy atom. The van der Waals surface area contributed by atoms with Gasteiger partial charge in [0.05, 0.1) is 17.7 Å². The monoisotopic (exact) mass is 459 g/mol. The van der Waals surface area contributed by atoms with E-state index in [1.807, 2.05) is 0 Å². The highest BCUT2D eigenvalue weighted by Crippen LogP contribution is 2.23. The molecule has 3 rings (SSSR count). The predicted molar refractivity (Wildman–Crippen MR) is 122 cm³/mol. The van der Waals surface area contributed by atoms with Crippen molar-refractivity contribution in [2.75, 3.05) is 19.0 Å². The summed E-state index contributed by atoms with van der Waals surface area (Å²) < 4.78 is 33.1. The average Bonchev–Trinajstić information content (AvgIpc) is 2.80. The van der Waals surface area contributed by atoms with Gasteiger partial charge in [-0.25, -0.2) is 13.1 Å². The van der Waals surface area contributed by atoms with Gasteiger partial charge >= 0.3 is 11.8 Å². The highest BCUT2D eigenvalue weighted by molar-refractivity contribution is 7.89. The molecule has 172 valence electrons. The summed E-state index contributed by atoms with van der Waals surface area (Å²) in [6, 6.07) is 13.4. The third-order valence-corrected chi connectivity index (χ3v) is 6.96. The molecule has 0 unspecified atom stereocenters. The lowest BCUT2D eigenvalue weighted by atomic mass is 9.96. The fraction of sp³-hybridized carbons (Fsp3) is 0.391. The smallest absolute Gasteiger partial charge is 0.313 e. The van der Waals surface area contributed by atoms with Crippen LogP contribution in [0, 0.1) is 0 Å². The van der Waals surface area contributed by atoms with Gasteiger partial charge in [-0.1, -0.05) is 43.5 Å². The van der Waals surface area contributed by atoms with E-state index in [1.54, 1.807) is 48.5 Å². The molecular weight excluding hydrogens is 430 g/mol. The number of benzene rings is 2. The van der Waals surface area contributed by atoms with Crippen molar-refractivity contribution < 1.29 is 22.7 Å². The van der Waals surface area contributed by atoms with E-state index < -0.39 is 21.8 Å². The number of para-hydroxylation sites is 2. The number of ether oxygens (including phenoxy) is 1. The van der Waals surface area contributed by atoms with E-state index >= 15 is 0 Å². The number of amides is 2. The number of sulfonamides is 1. The molecule has 9 heteroatoms. The standard InChI is InChI=1S/C23H29N3O5S/c1-31-21-10-6-5-9-20(21)25-23(28)22(27)24-16-15-17-11-13-19(14-12-17)32(29,30)26-18-7-3-2-4-8-18/h5-6,9-14,18,26H,2-4,7-8,15-16H2,1H3,(H,24,27)(H,25,28). The van der Waals surface area contributed by atoms with E-state index in [4.69, 9.17) is 4.74 Å². The maximum atomic E-state index is 12.6. The van der Waals surface area contributed by atoms with Gasteiger partial charge < -0.3 is 15.4 Å². The minimum Gasteiger partial charge on any atom is -0.495 e. The van der Waals surface area contributed by atoms with Crippen LogP contribution in [0.3, 0.4) is 0 Å². The summed E-state index contributed by atoms with van der Waals surface area (Å²) in [7, 11) is -2.06. The molecular formula is C23H29N3O5S. The summed E-state index contributed by atoms with van der Waals surface area (Å²) in [6.45, 7) is 0.241. The van der Waals surface area contributed by atoms with Crippen LogP contribution in [0.25, 0.3) is 0 Å². The Morgan fingerprint density at radius 3 is 2.34 bits per heavy atom. The maximum absolute atomic E-state index is 12.6. The highest BCUT2D eigenvalue weighted by atomic mass is 32.2. The lowest BCUT2D eigenvalue weighted by Crippen LogP contribution is -2.36. The molecule has 0 spiro atoms. The molecule has 3 N–H and O–H groups in total. The van der Waals surface area contributed by atoms with E-state index in [0.29, 0.717) is 17.9 Å². The van der Waals surface area contributed by atoms with Gasteiger partial charge in [-0.2, -0.15) is 0 Å². The number of anilines is 1. The molecule has 0 radical (unpaired) electrons. The van der Waals surface area contributed by atoms with E-state index in [0.717, 1.165) is 37.7 Å². The molecule has 0 saturated heterocycles. The first-order valence-corrected chi connectivity index (χ1v) is 12.2. The molecule has 0 aromatic heterocycles. The second-order valence-corrected chi connectivity index (χ2v) is 9.47. The molecule has 8 nitrogen and oxygen atoms in total. The van der Waals surface area contributed by atoms with Gasteiger partial charge in [0.1, 0.15) is 5.75 Å². The summed E-state index contributed by atoms with van der Waals surface area (Å²) in [5.74, 6) is -1.09. The normalized spacial score (nSPS) is 14.5.